The van der Waals surface area contributed by atoms with Crippen molar-refractivity contribution in [3.63, 3.8) is 0 Å². The standard InChI is InChI=1S/C22H20ClNO4S/c23-21-11-10-19(29(26,27)24-12-4-1-5-13-24)15-20(21)22(25)28-18-9-8-16-6-2-3-7-17(16)14-18/h2-3,6-11,14-15H,1,4-5,12-13H2. The monoisotopic (exact) mass is 429 g/mol. The lowest BCUT2D eigenvalue weighted by molar-refractivity contribution is 0.0735. The van der Waals surface area contributed by atoms with Crippen molar-refractivity contribution in [1.29, 1.82) is 0 Å². The van der Waals surface area contributed by atoms with Crippen molar-refractivity contribution < 1.29 is 17.9 Å². The lowest BCUT2D eigenvalue weighted by Crippen LogP contribution is -2.35. The Kier molecular flexibility index (Phi) is 5.58. The molecule has 1 fully saturated rings. The highest BCUT2D eigenvalue weighted by Crippen LogP contribution is 2.27. The van der Waals surface area contributed by atoms with Crippen molar-refractivity contribution in [3.8, 4) is 5.75 Å². The van der Waals surface area contributed by atoms with Gasteiger partial charge in [-0.25, -0.2) is 13.2 Å². The molecule has 0 bridgehead atoms. The molecule has 0 amide bonds. The minimum Gasteiger partial charge on any atom is -0.423 e. The highest BCUT2D eigenvalue weighted by Gasteiger charge is 2.27. The largest absolute Gasteiger partial charge is 0.423 e. The highest BCUT2D eigenvalue weighted by molar-refractivity contribution is 7.89. The van der Waals surface area contributed by atoms with E-state index < -0.39 is 16.0 Å². The Morgan fingerprint density at radius 3 is 2.38 bits per heavy atom. The van der Waals surface area contributed by atoms with E-state index in [2.05, 4.69) is 0 Å². The SMILES string of the molecule is O=C(Oc1ccc2ccccc2c1)c1cc(S(=O)(=O)N2CCCCC2)ccc1Cl. The number of hydrogen-bond acceptors (Lipinski definition) is 4. The van der Waals surface area contributed by atoms with Crippen LogP contribution in [0, 0.1) is 0 Å². The van der Waals surface area contributed by atoms with Gasteiger partial charge in [-0.3, -0.25) is 0 Å². The first-order valence-corrected chi connectivity index (χ1v) is 11.3. The second kappa shape index (κ2) is 8.14. The molecule has 0 spiro atoms. The van der Waals surface area contributed by atoms with Crippen LogP contribution in [-0.4, -0.2) is 31.8 Å². The van der Waals surface area contributed by atoms with Crippen LogP contribution in [0.15, 0.2) is 65.6 Å². The lowest BCUT2D eigenvalue weighted by atomic mass is 10.1. The number of carbonyl (C=O) groups is 1. The summed E-state index contributed by atoms with van der Waals surface area (Å²) in [5.41, 5.74) is 0.0258. The molecule has 0 aromatic heterocycles. The van der Waals surface area contributed by atoms with Gasteiger partial charge in [-0.15, -0.1) is 0 Å². The minimum atomic E-state index is -3.67. The number of halogens is 1. The van der Waals surface area contributed by atoms with Gasteiger partial charge in [0.2, 0.25) is 10.0 Å². The number of fused-ring (bicyclic) bond motifs is 1. The van der Waals surface area contributed by atoms with Gasteiger partial charge >= 0.3 is 5.97 Å². The average molecular weight is 430 g/mol. The number of hydrogen-bond donors (Lipinski definition) is 0. The first-order chi connectivity index (χ1) is 13.9. The smallest absolute Gasteiger partial charge is 0.345 e. The third-order valence-corrected chi connectivity index (χ3v) is 7.27. The molecule has 0 N–H and O–H groups in total. The van der Waals surface area contributed by atoms with Crippen LogP contribution >= 0.6 is 11.6 Å². The van der Waals surface area contributed by atoms with Crippen LogP contribution in [0.1, 0.15) is 29.6 Å². The van der Waals surface area contributed by atoms with Crippen LogP contribution in [0.4, 0.5) is 0 Å². The van der Waals surface area contributed by atoms with E-state index in [0.29, 0.717) is 18.8 Å². The van der Waals surface area contributed by atoms with Gasteiger partial charge in [-0.05, 0) is 53.9 Å². The van der Waals surface area contributed by atoms with E-state index in [1.165, 1.54) is 22.5 Å². The molecule has 0 saturated carbocycles. The zero-order chi connectivity index (χ0) is 20.4. The molecule has 1 saturated heterocycles. The summed E-state index contributed by atoms with van der Waals surface area (Å²) in [7, 11) is -3.67. The van der Waals surface area contributed by atoms with Crippen molar-refractivity contribution >= 4 is 38.4 Å². The minimum absolute atomic E-state index is 0.0258. The molecule has 1 heterocycles. The van der Waals surface area contributed by atoms with Gasteiger partial charge in [0.05, 0.1) is 15.5 Å². The molecular weight excluding hydrogens is 410 g/mol. The summed E-state index contributed by atoms with van der Waals surface area (Å²) in [6.45, 7) is 0.976. The van der Waals surface area contributed by atoms with Crippen LogP contribution in [-0.2, 0) is 10.0 Å². The van der Waals surface area contributed by atoms with Crippen LogP contribution in [0.2, 0.25) is 5.02 Å². The van der Waals surface area contributed by atoms with Crippen LogP contribution < -0.4 is 4.74 Å². The molecule has 1 aliphatic heterocycles. The summed E-state index contributed by atoms with van der Waals surface area (Å²) < 4.78 is 32.7. The van der Waals surface area contributed by atoms with E-state index in [1.807, 2.05) is 30.3 Å². The molecule has 0 unspecified atom stereocenters. The summed E-state index contributed by atoms with van der Waals surface area (Å²) in [4.78, 5) is 12.8. The molecule has 150 valence electrons. The normalized spacial score (nSPS) is 15.3. The maximum atomic E-state index is 12.9. The Morgan fingerprint density at radius 2 is 1.62 bits per heavy atom. The Bertz CT molecular complexity index is 1170. The van der Waals surface area contributed by atoms with Crippen molar-refractivity contribution in [2.24, 2.45) is 0 Å². The predicted octanol–water partition coefficient (Wildman–Crippen LogP) is 4.89. The number of rotatable bonds is 4. The number of piperidine rings is 1. The predicted molar refractivity (Wildman–Crippen MR) is 113 cm³/mol. The van der Waals surface area contributed by atoms with Crippen LogP contribution in [0.25, 0.3) is 10.8 Å². The molecule has 0 radical (unpaired) electrons. The van der Waals surface area contributed by atoms with Crippen LogP contribution in [0.5, 0.6) is 5.75 Å². The molecule has 5 nitrogen and oxygen atoms in total. The fraction of sp³-hybridized carbons (Fsp3) is 0.227. The van der Waals surface area contributed by atoms with Crippen molar-refractivity contribution in [1.82, 2.24) is 4.31 Å². The van der Waals surface area contributed by atoms with E-state index >= 15 is 0 Å². The first kappa shape index (κ1) is 19.9. The second-order valence-corrected chi connectivity index (χ2v) is 9.35. The Balaban J connectivity index is 1.61. The second-order valence-electron chi connectivity index (χ2n) is 7.00. The maximum Gasteiger partial charge on any atom is 0.345 e. The lowest BCUT2D eigenvalue weighted by Gasteiger charge is -2.26. The van der Waals surface area contributed by atoms with E-state index in [0.717, 1.165) is 30.0 Å². The molecule has 3 aromatic rings. The number of carbonyl (C=O) groups excluding carboxylic acids is 1. The third-order valence-electron chi connectivity index (χ3n) is 5.04. The summed E-state index contributed by atoms with van der Waals surface area (Å²) in [6, 6.07) is 17.2. The van der Waals surface area contributed by atoms with Crippen molar-refractivity contribution in [3.05, 3.63) is 71.2 Å². The molecule has 3 aromatic carbocycles. The zero-order valence-electron chi connectivity index (χ0n) is 15.7. The van der Waals surface area contributed by atoms with E-state index in [1.54, 1.807) is 12.1 Å². The zero-order valence-corrected chi connectivity index (χ0v) is 17.2. The number of esters is 1. The molecule has 0 atom stereocenters. The number of nitrogens with zero attached hydrogens (tertiary/aromatic N) is 1. The third kappa shape index (κ3) is 4.15. The van der Waals surface area contributed by atoms with Gasteiger partial charge in [-0.1, -0.05) is 48.4 Å². The quantitative estimate of drug-likeness (QED) is 0.437. The van der Waals surface area contributed by atoms with Gasteiger partial charge < -0.3 is 4.74 Å². The van der Waals surface area contributed by atoms with Gasteiger partial charge in [0.25, 0.3) is 0 Å². The van der Waals surface area contributed by atoms with E-state index in [4.69, 9.17) is 16.3 Å². The maximum absolute atomic E-state index is 12.9. The van der Waals surface area contributed by atoms with Gasteiger partial charge in [0.1, 0.15) is 5.75 Å². The van der Waals surface area contributed by atoms with Crippen molar-refractivity contribution in [2.75, 3.05) is 13.1 Å². The number of sulfonamides is 1. The topological polar surface area (TPSA) is 63.7 Å². The van der Waals surface area contributed by atoms with Crippen molar-refractivity contribution in [2.45, 2.75) is 24.2 Å². The Hall–Kier alpha value is -2.41. The molecule has 4 rings (SSSR count). The van der Waals surface area contributed by atoms with E-state index in [-0.39, 0.29) is 15.5 Å². The molecule has 0 aliphatic carbocycles. The summed E-state index contributed by atoms with van der Waals surface area (Å²) in [5, 5.41) is 2.11. The summed E-state index contributed by atoms with van der Waals surface area (Å²) in [5.74, 6) is -0.324. The molecule has 1 aliphatic rings. The average Bonchev–Trinajstić information content (AvgIpc) is 2.74. The van der Waals surface area contributed by atoms with Gasteiger partial charge in [0.15, 0.2) is 0 Å². The number of ether oxygens (including phenoxy) is 1. The van der Waals surface area contributed by atoms with Gasteiger partial charge in [0, 0.05) is 13.1 Å². The fourth-order valence-corrected chi connectivity index (χ4v) is 5.21. The fourth-order valence-electron chi connectivity index (χ4n) is 3.47. The molecule has 7 heteroatoms. The van der Waals surface area contributed by atoms with Crippen LogP contribution in [0.3, 0.4) is 0 Å². The Morgan fingerprint density at radius 1 is 0.897 bits per heavy atom. The summed E-state index contributed by atoms with van der Waals surface area (Å²) in [6.07, 6.45) is 2.70. The summed E-state index contributed by atoms with van der Waals surface area (Å²) >= 11 is 6.18. The molecular formula is C22H20ClNO4S. The number of benzene rings is 3. The first-order valence-electron chi connectivity index (χ1n) is 9.46. The van der Waals surface area contributed by atoms with E-state index in [9.17, 15) is 13.2 Å². The Labute approximate surface area is 174 Å². The highest BCUT2D eigenvalue weighted by atomic mass is 35.5. The van der Waals surface area contributed by atoms with Gasteiger partial charge in [-0.2, -0.15) is 4.31 Å². The molecule has 29 heavy (non-hydrogen) atoms.